The molecule has 1 amide bonds. The van der Waals surface area contributed by atoms with Gasteiger partial charge in [-0.2, -0.15) is 0 Å². The zero-order valence-electron chi connectivity index (χ0n) is 17.2. The van der Waals surface area contributed by atoms with Gasteiger partial charge in [0.2, 0.25) is 0 Å². The van der Waals surface area contributed by atoms with Crippen molar-refractivity contribution < 1.29 is 4.79 Å². The van der Waals surface area contributed by atoms with Crippen molar-refractivity contribution in [2.45, 2.75) is 37.8 Å². The van der Waals surface area contributed by atoms with Gasteiger partial charge in [0.05, 0.1) is 11.7 Å². The Morgan fingerprint density at radius 2 is 1.84 bits per heavy atom. The summed E-state index contributed by atoms with van der Waals surface area (Å²) in [4.78, 5) is 17.4. The summed E-state index contributed by atoms with van der Waals surface area (Å²) in [6.07, 6.45) is 8.23. The number of carbonyl (C=O) groups is 1. The van der Waals surface area contributed by atoms with Gasteiger partial charge in [-0.1, -0.05) is 42.6 Å². The highest BCUT2D eigenvalue weighted by atomic mass is 35.5. The van der Waals surface area contributed by atoms with E-state index in [2.05, 4.69) is 33.2 Å². The van der Waals surface area contributed by atoms with E-state index >= 15 is 0 Å². The van der Waals surface area contributed by atoms with Crippen LogP contribution in [0.3, 0.4) is 0 Å². The second-order valence-electron chi connectivity index (χ2n) is 8.15. The number of hydrogen-bond donors (Lipinski definition) is 1. The Bertz CT molecular complexity index is 1200. The van der Waals surface area contributed by atoms with E-state index in [1.54, 1.807) is 6.20 Å². The summed E-state index contributed by atoms with van der Waals surface area (Å²) in [5, 5.41) is 5.18. The van der Waals surface area contributed by atoms with Crippen LogP contribution in [0.2, 0.25) is 5.02 Å². The fourth-order valence-electron chi connectivity index (χ4n) is 4.61. The lowest BCUT2D eigenvalue weighted by Gasteiger charge is -2.34. The summed E-state index contributed by atoms with van der Waals surface area (Å²) in [6, 6.07) is 21.9. The Kier molecular flexibility index (Phi) is 5.47. The van der Waals surface area contributed by atoms with Crippen molar-refractivity contribution in [3.8, 4) is 11.3 Å². The minimum absolute atomic E-state index is 0.0241. The molecule has 0 unspecified atom stereocenters. The minimum atomic E-state index is -0.0241. The number of fused-ring (bicyclic) bond motifs is 1. The lowest BCUT2D eigenvalue weighted by Crippen LogP contribution is -2.42. The molecule has 1 fully saturated rings. The Balaban J connectivity index is 1.35. The quantitative estimate of drug-likeness (QED) is 0.415. The molecule has 2 atom stereocenters. The van der Waals surface area contributed by atoms with Gasteiger partial charge in [-0.15, -0.1) is 0 Å². The molecule has 1 aliphatic rings. The average Bonchev–Trinajstić information content (AvgIpc) is 3.23. The summed E-state index contributed by atoms with van der Waals surface area (Å²) in [5.74, 6) is -0.0241. The van der Waals surface area contributed by atoms with Crippen molar-refractivity contribution in [3.63, 3.8) is 0 Å². The van der Waals surface area contributed by atoms with Crippen molar-refractivity contribution in [3.05, 3.63) is 89.7 Å². The maximum Gasteiger partial charge on any atom is 0.251 e. The molecule has 1 saturated carbocycles. The summed E-state index contributed by atoms with van der Waals surface area (Å²) in [6.45, 7) is 0. The third kappa shape index (κ3) is 4.08. The molecule has 0 spiro atoms. The zero-order valence-corrected chi connectivity index (χ0v) is 17.9. The number of hydrogen-bond acceptors (Lipinski definition) is 2. The van der Waals surface area contributed by atoms with Gasteiger partial charge >= 0.3 is 0 Å². The first-order valence-electron chi connectivity index (χ1n) is 10.8. The molecule has 0 aliphatic heterocycles. The van der Waals surface area contributed by atoms with E-state index in [0.29, 0.717) is 5.56 Å². The van der Waals surface area contributed by atoms with Crippen molar-refractivity contribution in [2.75, 3.05) is 0 Å². The molecule has 1 N–H and O–H groups in total. The van der Waals surface area contributed by atoms with E-state index in [0.717, 1.165) is 46.4 Å². The van der Waals surface area contributed by atoms with Crippen LogP contribution >= 0.6 is 11.6 Å². The molecule has 0 saturated heterocycles. The normalized spacial score (nSPS) is 18.7. The van der Waals surface area contributed by atoms with Gasteiger partial charge in [-0.05, 0) is 61.4 Å². The number of rotatable bonds is 4. The molecular weight excluding hydrogens is 406 g/mol. The first-order chi connectivity index (χ1) is 15.2. The van der Waals surface area contributed by atoms with Gasteiger partial charge in [0.1, 0.15) is 0 Å². The highest BCUT2D eigenvalue weighted by molar-refractivity contribution is 6.31. The molecule has 31 heavy (non-hydrogen) atoms. The van der Waals surface area contributed by atoms with E-state index in [1.165, 1.54) is 6.42 Å². The number of benzene rings is 2. The van der Waals surface area contributed by atoms with Crippen molar-refractivity contribution in [2.24, 2.45) is 0 Å². The summed E-state index contributed by atoms with van der Waals surface area (Å²) in [5.41, 5.74) is 3.75. The molecule has 156 valence electrons. The second-order valence-corrected chi connectivity index (χ2v) is 8.59. The Morgan fingerprint density at radius 1 is 1.00 bits per heavy atom. The molecule has 2 aromatic heterocycles. The number of nitrogens with zero attached hydrogens (tertiary/aromatic N) is 2. The first kappa shape index (κ1) is 19.8. The first-order valence-corrected chi connectivity index (χ1v) is 11.2. The maximum atomic E-state index is 13.0. The van der Waals surface area contributed by atoms with E-state index in [1.807, 2.05) is 54.6 Å². The lowest BCUT2D eigenvalue weighted by molar-refractivity contribution is 0.0909. The largest absolute Gasteiger partial charge is 0.347 e. The van der Waals surface area contributed by atoms with Crippen LogP contribution < -0.4 is 5.32 Å². The molecule has 5 rings (SSSR count). The molecule has 2 heterocycles. The summed E-state index contributed by atoms with van der Waals surface area (Å²) < 4.78 is 2.31. The molecule has 0 bridgehead atoms. The van der Waals surface area contributed by atoms with Gasteiger partial charge in [-0.3, -0.25) is 9.78 Å². The zero-order chi connectivity index (χ0) is 21.2. The standard InChI is InChI=1S/C26H24ClN3O/c27-21-12-13-24-20(17-21)14-16-30(24)25-7-2-1-6-23(25)29-26(31)19-10-8-18(9-11-19)22-5-3-4-15-28-22/h3-5,8-17,23,25H,1-2,6-7H2,(H,29,31)/t23-,25+/m0/s1. The molecule has 4 nitrogen and oxygen atoms in total. The van der Waals surface area contributed by atoms with Crippen LogP contribution in [-0.2, 0) is 0 Å². The van der Waals surface area contributed by atoms with E-state index < -0.39 is 0 Å². The monoisotopic (exact) mass is 429 g/mol. The van der Waals surface area contributed by atoms with Gasteiger partial charge in [0.25, 0.3) is 5.91 Å². The second kappa shape index (κ2) is 8.56. The van der Waals surface area contributed by atoms with Gasteiger partial charge < -0.3 is 9.88 Å². The van der Waals surface area contributed by atoms with Gasteiger partial charge in [-0.25, -0.2) is 0 Å². The van der Waals surface area contributed by atoms with Crippen molar-refractivity contribution in [1.29, 1.82) is 0 Å². The predicted octanol–water partition coefficient (Wildman–Crippen LogP) is 6.27. The number of pyridine rings is 1. The highest BCUT2D eigenvalue weighted by Gasteiger charge is 2.28. The Hall–Kier alpha value is -3.11. The fourth-order valence-corrected chi connectivity index (χ4v) is 4.79. The number of halogens is 1. The van der Waals surface area contributed by atoms with Crippen LogP contribution in [0.5, 0.6) is 0 Å². The molecule has 5 heteroatoms. The van der Waals surface area contributed by atoms with Gasteiger partial charge in [0, 0.05) is 45.5 Å². The molecule has 0 radical (unpaired) electrons. The summed E-state index contributed by atoms with van der Waals surface area (Å²) >= 11 is 6.16. The van der Waals surface area contributed by atoms with Crippen LogP contribution in [0.4, 0.5) is 0 Å². The topological polar surface area (TPSA) is 46.9 Å². The minimum Gasteiger partial charge on any atom is -0.347 e. The van der Waals surface area contributed by atoms with E-state index in [-0.39, 0.29) is 18.0 Å². The van der Waals surface area contributed by atoms with Crippen LogP contribution in [0.15, 0.2) is 79.1 Å². The van der Waals surface area contributed by atoms with E-state index in [9.17, 15) is 4.79 Å². The SMILES string of the molecule is O=C(N[C@H]1CCCC[C@H]1n1ccc2cc(Cl)ccc21)c1ccc(-c2ccccn2)cc1. The number of aromatic nitrogens is 2. The maximum absolute atomic E-state index is 13.0. The molecule has 1 aliphatic carbocycles. The van der Waals surface area contributed by atoms with E-state index in [4.69, 9.17) is 11.6 Å². The average molecular weight is 430 g/mol. The third-order valence-electron chi connectivity index (χ3n) is 6.19. The highest BCUT2D eigenvalue weighted by Crippen LogP contribution is 2.33. The number of carbonyl (C=O) groups excluding carboxylic acids is 1. The van der Waals surface area contributed by atoms with Crippen molar-refractivity contribution in [1.82, 2.24) is 14.9 Å². The smallest absolute Gasteiger partial charge is 0.251 e. The fraction of sp³-hybridized carbons (Fsp3) is 0.231. The Morgan fingerprint density at radius 3 is 2.65 bits per heavy atom. The van der Waals surface area contributed by atoms with Crippen molar-refractivity contribution >= 4 is 28.4 Å². The predicted molar refractivity (Wildman–Crippen MR) is 125 cm³/mol. The number of nitrogens with one attached hydrogen (secondary N) is 1. The molecule has 2 aromatic carbocycles. The van der Waals surface area contributed by atoms with Crippen LogP contribution in [0, 0.1) is 0 Å². The third-order valence-corrected chi connectivity index (χ3v) is 6.43. The molecule has 4 aromatic rings. The lowest BCUT2D eigenvalue weighted by atomic mass is 9.89. The summed E-state index contributed by atoms with van der Waals surface area (Å²) in [7, 11) is 0. The molecular formula is C26H24ClN3O. The van der Waals surface area contributed by atoms with Crippen LogP contribution in [0.1, 0.15) is 42.1 Å². The van der Waals surface area contributed by atoms with Gasteiger partial charge in [0.15, 0.2) is 0 Å². The van der Waals surface area contributed by atoms with Crippen LogP contribution in [0.25, 0.3) is 22.2 Å². The Labute approximate surface area is 186 Å². The van der Waals surface area contributed by atoms with Crippen LogP contribution in [-0.4, -0.2) is 21.5 Å². The number of amides is 1.